The Labute approximate surface area is 99.5 Å². The molecule has 0 radical (unpaired) electrons. The largest absolute Gasteiger partial charge is 0.380 e. The fourth-order valence-electron chi connectivity index (χ4n) is 2.42. The van der Waals surface area contributed by atoms with Crippen LogP contribution in [-0.2, 0) is 4.74 Å². The third-order valence-electron chi connectivity index (χ3n) is 3.77. The average Bonchev–Trinajstić information content (AvgIpc) is 3.08. The van der Waals surface area contributed by atoms with Gasteiger partial charge in [0, 0.05) is 38.3 Å². The molecule has 16 heavy (non-hydrogen) atoms. The average molecular weight is 226 g/mol. The lowest BCUT2D eigenvalue weighted by molar-refractivity contribution is 0.0621. The SMILES string of the molecule is CCC1CNC(C)CN1CCOCC1CC1. The van der Waals surface area contributed by atoms with Crippen molar-refractivity contribution in [3.63, 3.8) is 0 Å². The van der Waals surface area contributed by atoms with Crippen molar-refractivity contribution in [1.82, 2.24) is 10.2 Å². The quantitative estimate of drug-likeness (QED) is 0.694. The van der Waals surface area contributed by atoms with E-state index in [9.17, 15) is 0 Å². The molecule has 0 bridgehead atoms. The fraction of sp³-hybridized carbons (Fsp3) is 1.00. The zero-order chi connectivity index (χ0) is 11.4. The third-order valence-corrected chi connectivity index (χ3v) is 3.77. The molecule has 3 nitrogen and oxygen atoms in total. The van der Waals surface area contributed by atoms with Crippen LogP contribution in [0.1, 0.15) is 33.1 Å². The Hall–Kier alpha value is -0.120. The maximum Gasteiger partial charge on any atom is 0.0593 e. The Bertz CT molecular complexity index is 206. The van der Waals surface area contributed by atoms with Crippen molar-refractivity contribution in [3.05, 3.63) is 0 Å². The highest BCUT2D eigenvalue weighted by Gasteiger charge is 2.24. The number of hydrogen-bond acceptors (Lipinski definition) is 3. The molecule has 94 valence electrons. The molecule has 0 aromatic heterocycles. The van der Waals surface area contributed by atoms with Crippen molar-refractivity contribution in [2.24, 2.45) is 5.92 Å². The van der Waals surface area contributed by atoms with Crippen LogP contribution >= 0.6 is 0 Å². The van der Waals surface area contributed by atoms with Gasteiger partial charge >= 0.3 is 0 Å². The Balaban J connectivity index is 1.63. The van der Waals surface area contributed by atoms with E-state index in [0.29, 0.717) is 12.1 Å². The first kappa shape index (κ1) is 12.3. The van der Waals surface area contributed by atoms with E-state index in [2.05, 4.69) is 24.1 Å². The summed E-state index contributed by atoms with van der Waals surface area (Å²) >= 11 is 0. The van der Waals surface area contributed by atoms with Gasteiger partial charge in [0.05, 0.1) is 6.61 Å². The Kier molecular flexibility index (Phi) is 4.62. The molecular formula is C13H26N2O. The summed E-state index contributed by atoms with van der Waals surface area (Å²) in [6.45, 7) is 9.88. The molecule has 1 saturated carbocycles. The minimum atomic E-state index is 0.631. The molecule has 1 saturated heterocycles. The van der Waals surface area contributed by atoms with E-state index >= 15 is 0 Å². The second-order valence-electron chi connectivity index (χ2n) is 5.38. The van der Waals surface area contributed by atoms with E-state index < -0.39 is 0 Å². The summed E-state index contributed by atoms with van der Waals surface area (Å²) in [5, 5.41) is 3.55. The number of ether oxygens (including phenoxy) is 1. The van der Waals surface area contributed by atoms with Gasteiger partial charge in [-0.05, 0) is 32.1 Å². The molecule has 1 heterocycles. The van der Waals surface area contributed by atoms with Crippen molar-refractivity contribution >= 4 is 0 Å². The normalized spacial score (nSPS) is 31.9. The van der Waals surface area contributed by atoms with Crippen molar-refractivity contribution in [3.8, 4) is 0 Å². The topological polar surface area (TPSA) is 24.5 Å². The molecule has 2 fully saturated rings. The van der Waals surface area contributed by atoms with Crippen LogP contribution in [0.5, 0.6) is 0 Å². The number of piperazine rings is 1. The predicted octanol–water partition coefficient (Wildman–Crippen LogP) is 1.49. The highest BCUT2D eigenvalue weighted by Crippen LogP contribution is 2.28. The first-order valence-electron chi connectivity index (χ1n) is 6.84. The van der Waals surface area contributed by atoms with Crippen molar-refractivity contribution in [2.75, 3.05) is 32.8 Å². The minimum Gasteiger partial charge on any atom is -0.380 e. The molecule has 0 amide bonds. The lowest BCUT2D eigenvalue weighted by atomic mass is 10.1. The standard InChI is InChI=1S/C13H26N2O/c1-3-13-8-14-11(2)9-15(13)6-7-16-10-12-4-5-12/h11-14H,3-10H2,1-2H3. The van der Waals surface area contributed by atoms with Gasteiger partial charge in [-0.3, -0.25) is 4.90 Å². The molecule has 1 aliphatic carbocycles. The second kappa shape index (κ2) is 5.99. The van der Waals surface area contributed by atoms with E-state index in [0.717, 1.165) is 32.2 Å². The molecular weight excluding hydrogens is 200 g/mol. The molecule has 2 aliphatic rings. The number of nitrogens with one attached hydrogen (secondary N) is 1. The van der Waals surface area contributed by atoms with Crippen LogP contribution in [-0.4, -0.2) is 49.8 Å². The van der Waals surface area contributed by atoms with Gasteiger partial charge < -0.3 is 10.1 Å². The Morgan fingerprint density at radius 3 is 2.88 bits per heavy atom. The summed E-state index contributed by atoms with van der Waals surface area (Å²) in [6.07, 6.45) is 4.02. The molecule has 2 atom stereocenters. The van der Waals surface area contributed by atoms with Crippen LogP contribution in [0, 0.1) is 5.92 Å². The third kappa shape index (κ3) is 3.72. The van der Waals surface area contributed by atoms with Crippen LogP contribution in [0.25, 0.3) is 0 Å². The van der Waals surface area contributed by atoms with E-state index in [1.54, 1.807) is 0 Å². The lowest BCUT2D eigenvalue weighted by Gasteiger charge is -2.38. The summed E-state index contributed by atoms with van der Waals surface area (Å²) in [6, 6.07) is 1.34. The van der Waals surface area contributed by atoms with Gasteiger partial charge in [-0.15, -0.1) is 0 Å². The highest BCUT2D eigenvalue weighted by molar-refractivity contribution is 4.83. The van der Waals surface area contributed by atoms with Crippen molar-refractivity contribution in [2.45, 2.75) is 45.2 Å². The zero-order valence-corrected chi connectivity index (χ0v) is 10.7. The van der Waals surface area contributed by atoms with Gasteiger partial charge in [0.15, 0.2) is 0 Å². The van der Waals surface area contributed by atoms with E-state index in [-0.39, 0.29) is 0 Å². The monoisotopic (exact) mass is 226 g/mol. The molecule has 3 heteroatoms. The van der Waals surface area contributed by atoms with Gasteiger partial charge in [-0.1, -0.05) is 6.92 Å². The van der Waals surface area contributed by atoms with E-state index in [4.69, 9.17) is 4.74 Å². The fourth-order valence-corrected chi connectivity index (χ4v) is 2.42. The predicted molar refractivity (Wildman–Crippen MR) is 66.7 cm³/mol. The second-order valence-corrected chi connectivity index (χ2v) is 5.38. The van der Waals surface area contributed by atoms with Gasteiger partial charge in [0.25, 0.3) is 0 Å². The molecule has 1 N–H and O–H groups in total. The summed E-state index contributed by atoms with van der Waals surface area (Å²) < 4.78 is 5.73. The Morgan fingerprint density at radius 2 is 2.19 bits per heavy atom. The number of nitrogens with zero attached hydrogens (tertiary/aromatic N) is 1. The van der Waals surface area contributed by atoms with Gasteiger partial charge in [0.2, 0.25) is 0 Å². The van der Waals surface area contributed by atoms with Crippen molar-refractivity contribution in [1.29, 1.82) is 0 Å². The first-order valence-corrected chi connectivity index (χ1v) is 6.84. The van der Waals surface area contributed by atoms with Crippen LogP contribution in [0.2, 0.25) is 0 Å². The molecule has 2 unspecified atom stereocenters. The summed E-state index contributed by atoms with van der Waals surface area (Å²) in [7, 11) is 0. The smallest absolute Gasteiger partial charge is 0.0593 e. The van der Waals surface area contributed by atoms with Crippen LogP contribution in [0.3, 0.4) is 0 Å². The summed E-state index contributed by atoms with van der Waals surface area (Å²) in [5.74, 6) is 0.893. The maximum absolute atomic E-state index is 5.73. The van der Waals surface area contributed by atoms with Crippen LogP contribution in [0.15, 0.2) is 0 Å². The lowest BCUT2D eigenvalue weighted by Crippen LogP contribution is -2.55. The molecule has 0 aromatic carbocycles. The number of rotatable bonds is 6. The molecule has 1 aliphatic heterocycles. The van der Waals surface area contributed by atoms with Crippen LogP contribution < -0.4 is 5.32 Å². The number of hydrogen-bond donors (Lipinski definition) is 1. The van der Waals surface area contributed by atoms with Gasteiger partial charge in [-0.2, -0.15) is 0 Å². The molecule has 2 rings (SSSR count). The first-order chi connectivity index (χ1) is 7.79. The van der Waals surface area contributed by atoms with Gasteiger partial charge in [-0.25, -0.2) is 0 Å². The minimum absolute atomic E-state index is 0.631. The highest BCUT2D eigenvalue weighted by atomic mass is 16.5. The van der Waals surface area contributed by atoms with E-state index in [1.807, 2.05) is 0 Å². The maximum atomic E-state index is 5.73. The van der Waals surface area contributed by atoms with Crippen LogP contribution in [0.4, 0.5) is 0 Å². The molecule has 0 aromatic rings. The Morgan fingerprint density at radius 1 is 1.38 bits per heavy atom. The summed E-state index contributed by atoms with van der Waals surface area (Å²) in [4.78, 5) is 2.59. The van der Waals surface area contributed by atoms with Crippen molar-refractivity contribution < 1.29 is 4.74 Å². The molecule has 0 spiro atoms. The van der Waals surface area contributed by atoms with E-state index in [1.165, 1.54) is 25.8 Å². The van der Waals surface area contributed by atoms with Gasteiger partial charge in [0.1, 0.15) is 0 Å². The zero-order valence-electron chi connectivity index (χ0n) is 10.7. The summed E-state index contributed by atoms with van der Waals surface area (Å²) in [5.41, 5.74) is 0.